The maximum Gasteiger partial charge on any atom is 0.267 e. The molecular formula is C10H6BrCl2N3O. The van der Waals surface area contributed by atoms with E-state index in [2.05, 4.69) is 25.9 Å². The van der Waals surface area contributed by atoms with Crippen LogP contribution in [0.15, 0.2) is 33.9 Å². The Morgan fingerprint density at radius 1 is 1.35 bits per heavy atom. The van der Waals surface area contributed by atoms with Crippen LogP contribution in [0, 0.1) is 0 Å². The largest absolute Gasteiger partial charge is 0.294 e. The molecule has 0 spiro atoms. The van der Waals surface area contributed by atoms with Crippen molar-refractivity contribution < 1.29 is 0 Å². The predicted octanol–water partition coefficient (Wildman–Crippen LogP) is 2.76. The fraction of sp³-hybridized carbons (Fsp3) is 0.100. The Bertz CT molecular complexity index is 615. The Balaban J connectivity index is 2.38. The quantitative estimate of drug-likeness (QED) is 0.793. The summed E-state index contributed by atoms with van der Waals surface area (Å²) in [6.07, 6.45) is 2.89. The first kappa shape index (κ1) is 12.5. The average molecular weight is 335 g/mol. The first-order valence-corrected chi connectivity index (χ1v) is 6.13. The fourth-order valence-corrected chi connectivity index (χ4v) is 2.03. The molecule has 0 saturated carbocycles. The van der Waals surface area contributed by atoms with Crippen LogP contribution in [0.25, 0.3) is 0 Å². The van der Waals surface area contributed by atoms with Crippen LogP contribution >= 0.6 is 39.1 Å². The second-order valence-corrected chi connectivity index (χ2v) is 4.86. The molecule has 0 aliphatic heterocycles. The van der Waals surface area contributed by atoms with Gasteiger partial charge >= 0.3 is 0 Å². The molecule has 2 aromatic rings. The van der Waals surface area contributed by atoms with Crippen molar-refractivity contribution >= 4 is 39.1 Å². The Hall–Kier alpha value is -0.910. The van der Waals surface area contributed by atoms with Gasteiger partial charge in [0.25, 0.3) is 5.56 Å². The van der Waals surface area contributed by atoms with Crippen molar-refractivity contribution in [1.29, 1.82) is 0 Å². The molecule has 7 heteroatoms. The lowest BCUT2D eigenvalue weighted by Gasteiger charge is -2.06. The molecule has 17 heavy (non-hydrogen) atoms. The molecule has 0 aliphatic rings. The zero-order valence-electron chi connectivity index (χ0n) is 8.40. The van der Waals surface area contributed by atoms with Crippen molar-refractivity contribution in [3.63, 3.8) is 0 Å². The highest BCUT2D eigenvalue weighted by Crippen LogP contribution is 2.17. The molecular weight excluding hydrogens is 329 g/mol. The number of nitrogens with zero attached hydrogens (tertiary/aromatic N) is 3. The minimum atomic E-state index is -0.175. The predicted molar refractivity (Wildman–Crippen MR) is 69.6 cm³/mol. The maximum absolute atomic E-state index is 11.7. The number of pyridine rings is 1. The molecule has 88 valence electrons. The van der Waals surface area contributed by atoms with Gasteiger partial charge in [-0.05, 0) is 22.0 Å². The number of hydrogen-bond donors (Lipinski definition) is 0. The van der Waals surface area contributed by atoms with E-state index >= 15 is 0 Å². The van der Waals surface area contributed by atoms with Gasteiger partial charge in [-0.15, -0.1) is 0 Å². The van der Waals surface area contributed by atoms with E-state index in [0.29, 0.717) is 21.7 Å². The lowest BCUT2D eigenvalue weighted by atomic mass is 10.3. The molecule has 0 unspecified atom stereocenters. The van der Waals surface area contributed by atoms with Gasteiger partial charge in [-0.2, -0.15) is 0 Å². The summed E-state index contributed by atoms with van der Waals surface area (Å²) in [5, 5.41) is 0.600. The SMILES string of the molecule is O=c1c(Br)cncn1Cc1ccc(Cl)nc1Cl. The molecule has 0 aromatic carbocycles. The third kappa shape index (κ3) is 2.86. The van der Waals surface area contributed by atoms with Crippen LogP contribution in [0.4, 0.5) is 0 Å². The fourth-order valence-electron chi connectivity index (χ4n) is 1.28. The summed E-state index contributed by atoms with van der Waals surface area (Å²) in [6, 6.07) is 3.35. The van der Waals surface area contributed by atoms with Crippen molar-refractivity contribution in [2.75, 3.05) is 0 Å². The Kier molecular flexibility index (Phi) is 3.81. The smallest absolute Gasteiger partial charge is 0.267 e. The Morgan fingerprint density at radius 3 is 2.82 bits per heavy atom. The molecule has 2 heterocycles. The van der Waals surface area contributed by atoms with Gasteiger partial charge in [0.1, 0.15) is 14.8 Å². The van der Waals surface area contributed by atoms with Crippen molar-refractivity contribution in [3.8, 4) is 0 Å². The number of rotatable bonds is 2. The zero-order chi connectivity index (χ0) is 12.4. The number of halogens is 3. The van der Waals surface area contributed by atoms with Gasteiger partial charge in [0.05, 0.1) is 12.9 Å². The van der Waals surface area contributed by atoms with E-state index in [-0.39, 0.29) is 10.7 Å². The first-order valence-electron chi connectivity index (χ1n) is 4.59. The second-order valence-electron chi connectivity index (χ2n) is 3.26. The van der Waals surface area contributed by atoms with E-state index in [0.717, 1.165) is 0 Å². The molecule has 4 nitrogen and oxygen atoms in total. The molecule has 0 saturated heterocycles. The summed E-state index contributed by atoms with van der Waals surface area (Å²) < 4.78 is 1.83. The number of aromatic nitrogens is 3. The van der Waals surface area contributed by atoms with Gasteiger partial charge in [-0.3, -0.25) is 9.36 Å². The number of hydrogen-bond acceptors (Lipinski definition) is 3. The third-order valence-corrected chi connectivity index (χ3v) is 3.17. The van der Waals surface area contributed by atoms with Crippen LogP contribution in [0.2, 0.25) is 10.3 Å². The van der Waals surface area contributed by atoms with E-state index in [9.17, 15) is 4.79 Å². The molecule has 0 amide bonds. The summed E-state index contributed by atoms with van der Waals surface area (Å²) in [5.74, 6) is 0. The molecule has 0 radical (unpaired) electrons. The molecule has 2 rings (SSSR count). The summed E-state index contributed by atoms with van der Waals surface area (Å²) in [6.45, 7) is 0.300. The topological polar surface area (TPSA) is 47.8 Å². The molecule has 0 N–H and O–H groups in total. The van der Waals surface area contributed by atoms with E-state index in [1.165, 1.54) is 17.1 Å². The van der Waals surface area contributed by atoms with Crippen LogP contribution in [0.1, 0.15) is 5.56 Å². The van der Waals surface area contributed by atoms with Crippen molar-refractivity contribution in [2.24, 2.45) is 0 Å². The van der Waals surface area contributed by atoms with Gasteiger partial charge in [0.15, 0.2) is 0 Å². The van der Waals surface area contributed by atoms with E-state index in [1.807, 2.05) is 0 Å². The maximum atomic E-state index is 11.7. The van der Waals surface area contributed by atoms with Crippen LogP contribution < -0.4 is 5.56 Å². The van der Waals surface area contributed by atoms with E-state index < -0.39 is 0 Å². The molecule has 0 atom stereocenters. The van der Waals surface area contributed by atoms with Gasteiger partial charge in [-0.25, -0.2) is 9.97 Å². The van der Waals surface area contributed by atoms with Gasteiger partial charge < -0.3 is 0 Å². The third-order valence-electron chi connectivity index (χ3n) is 2.09. The second kappa shape index (κ2) is 5.16. The van der Waals surface area contributed by atoms with Gasteiger partial charge in [0.2, 0.25) is 0 Å². The van der Waals surface area contributed by atoms with Crippen molar-refractivity contribution in [2.45, 2.75) is 6.54 Å². The van der Waals surface area contributed by atoms with Crippen LogP contribution in [0.3, 0.4) is 0 Å². The van der Waals surface area contributed by atoms with Crippen LogP contribution in [-0.2, 0) is 6.54 Å². The van der Waals surface area contributed by atoms with Crippen molar-refractivity contribution in [3.05, 3.63) is 55.4 Å². The molecule has 0 bridgehead atoms. The normalized spacial score (nSPS) is 10.5. The average Bonchev–Trinajstić information content (AvgIpc) is 2.28. The van der Waals surface area contributed by atoms with E-state index in [4.69, 9.17) is 23.2 Å². The van der Waals surface area contributed by atoms with Crippen LogP contribution in [-0.4, -0.2) is 14.5 Å². The zero-order valence-corrected chi connectivity index (χ0v) is 11.5. The van der Waals surface area contributed by atoms with Gasteiger partial charge in [0, 0.05) is 11.8 Å². The highest BCUT2D eigenvalue weighted by atomic mass is 79.9. The molecule has 0 fully saturated rings. The lowest BCUT2D eigenvalue weighted by Crippen LogP contribution is -2.21. The summed E-state index contributed by atoms with van der Waals surface area (Å²) in [4.78, 5) is 19.6. The Morgan fingerprint density at radius 2 is 2.12 bits per heavy atom. The standard InChI is InChI=1S/C10H6BrCl2N3O/c11-7-3-14-5-16(10(7)17)4-6-1-2-8(12)15-9(6)13/h1-3,5H,4H2. The highest BCUT2D eigenvalue weighted by molar-refractivity contribution is 9.10. The van der Waals surface area contributed by atoms with Crippen molar-refractivity contribution in [1.82, 2.24) is 14.5 Å². The van der Waals surface area contributed by atoms with E-state index in [1.54, 1.807) is 12.1 Å². The first-order chi connectivity index (χ1) is 8.08. The summed E-state index contributed by atoms with van der Waals surface area (Å²) in [5.41, 5.74) is 0.532. The minimum absolute atomic E-state index is 0.175. The Labute approximate surface area is 115 Å². The highest BCUT2D eigenvalue weighted by Gasteiger charge is 2.06. The molecule has 2 aromatic heterocycles. The minimum Gasteiger partial charge on any atom is -0.294 e. The van der Waals surface area contributed by atoms with Crippen LogP contribution in [0.5, 0.6) is 0 Å². The lowest BCUT2D eigenvalue weighted by molar-refractivity contribution is 0.728. The summed E-state index contributed by atoms with van der Waals surface area (Å²) in [7, 11) is 0. The molecule has 0 aliphatic carbocycles. The summed E-state index contributed by atoms with van der Waals surface area (Å²) >= 11 is 14.7. The van der Waals surface area contributed by atoms with Gasteiger partial charge in [-0.1, -0.05) is 29.3 Å². The monoisotopic (exact) mass is 333 g/mol.